The first-order chi connectivity index (χ1) is 18.2. The first-order valence-corrected chi connectivity index (χ1v) is 12.2. The van der Waals surface area contributed by atoms with Crippen molar-refractivity contribution in [2.45, 2.75) is 27.7 Å². The second-order valence-corrected chi connectivity index (χ2v) is 8.84. The quantitative estimate of drug-likeness (QED) is 0.261. The molecule has 0 saturated carbocycles. The smallest absolute Gasteiger partial charge is 0.280 e. The van der Waals surface area contributed by atoms with Gasteiger partial charge in [0.1, 0.15) is 11.5 Å². The van der Waals surface area contributed by atoms with Crippen molar-refractivity contribution in [3.8, 4) is 22.9 Å². The summed E-state index contributed by atoms with van der Waals surface area (Å²) in [6.45, 7) is 8.09. The lowest BCUT2D eigenvalue weighted by atomic mass is 10.1. The Labute approximate surface area is 220 Å². The monoisotopic (exact) mass is 516 g/mol. The Balaban J connectivity index is 1.49. The predicted octanol–water partition coefficient (Wildman–Crippen LogP) is 3.60. The molecule has 0 aliphatic heterocycles. The van der Waals surface area contributed by atoms with E-state index in [2.05, 4.69) is 20.2 Å². The second-order valence-electron chi connectivity index (χ2n) is 8.84. The van der Waals surface area contributed by atoms with Crippen LogP contribution in [0.25, 0.3) is 11.4 Å². The molecule has 0 atom stereocenters. The summed E-state index contributed by atoms with van der Waals surface area (Å²) in [6, 6.07) is 14.5. The van der Waals surface area contributed by atoms with E-state index in [1.54, 1.807) is 38.5 Å². The molecule has 0 saturated heterocycles. The molecule has 0 spiro atoms. The lowest BCUT2D eigenvalue weighted by molar-refractivity contribution is 0.414. The average Bonchev–Trinajstić information content (AvgIpc) is 3.40. The summed E-state index contributed by atoms with van der Waals surface area (Å²) in [5.41, 5.74) is 4.86. The summed E-state index contributed by atoms with van der Waals surface area (Å²) in [7, 11) is 3.20. The number of ether oxygens (including phenoxy) is 2. The molecule has 4 rings (SSSR count). The topological polar surface area (TPSA) is 119 Å². The number of aromatic nitrogens is 4. The number of H-pyrrole nitrogens is 2. The number of nitrogens with one attached hydrogen (secondary N) is 2. The van der Waals surface area contributed by atoms with Gasteiger partial charge in [-0.05, 0) is 76.2 Å². The molecule has 10 heteroatoms. The Hall–Kier alpha value is -4.60. The highest BCUT2D eigenvalue weighted by Gasteiger charge is 2.16. The van der Waals surface area contributed by atoms with E-state index in [0.29, 0.717) is 58.5 Å². The number of hydrogen-bond acceptors (Lipinski definition) is 6. The van der Waals surface area contributed by atoms with E-state index >= 15 is 0 Å². The van der Waals surface area contributed by atoms with E-state index in [1.165, 1.54) is 9.36 Å². The Morgan fingerprint density at radius 1 is 0.684 bits per heavy atom. The van der Waals surface area contributed by atoms with Gasteiger partial charge >= 0.3 is 0 Å². The third kappa shape index (κ3) is 5.24. The maximum atomic E-state index is 13.1. The van der Waals surface area contributed by atoms with Crippen molar-refractivity contribution in [1.29, 1.82) is 0 Å². The first kappa shape index (κ1) is 26.5. The molecule has 0 aliphatic carbocycles. The Morgan fingerprint density at radius 3 is 1.34 bits per heavy atom. The lowest BCUT2D eigenvalue weighted by Crippen LogP contribution is -2.20. The minimum atomic E-state index is -0.171. The van der Waals surface area contributed by atoms with Crippen LogP contribution < -0.4 is 20.6 Å². The third-order valence-electron chi connectivity index (χ3n) is 6.33. The van der Waals surface area contributed by atoms with Gasteiger partial charge in [0.15, 0.2) is 0 Å². The molecule has 2 aromatic heterocycles. The number of rotatable bonds is 9. The van der Waals surface area contributed by atoms with Crippen LogP contribution in [0.2, 0.25) is 0 Å². The molecule has 0 aliphatic rings. The van der Waals surface area contributed by atoms with Crippen molar-refractivity contribution in [1.82, 2.24) is 19.6 Å². The Morgan fingerprint density at radius 2 is 1.03 bits per heavy atom. The Kier molecular flexibility index (Phi) is 7.80. The minimum Gasteiger partial charge on any atom is -0.497 e. The van der Waals surface area contributed by atoms with E-state index in [-0.39, 0.29) is 11.1 Å². The summed E-state index contributed by atoms with van der Waals surface area (Å²) >= 11 is 0. The standard InChI is InChI=1S/C28H32N6O4/c1-17(25-19(3)31-33(27(25)35)21-7-11-23(37-5)12-8-21)29-15-16-30-18(2)26-20(4)32-34(28(26)36)22-9-13-24(38-6)14-10-22/h7-14,31-32H,15-16H2,1-6H3. The van der Waals surface area contributed by atoms with E-state index in [0.717, 1.165) is 11.4 Å². The molecule has 4 aromatic rings. The molecule has 0 fully saturated rings. The van der Waals surface area contributed by atoms with Crippen LogP contribution in [0.5, 0.6) is 11.5 Å². The van der Waals surface area contributed by atoms with Crippen molar-refractivity contribution in [2.75, 3.05) is 27.3 Å². The molecular formula is C28H32N6O4. The van der Waals surface area contributed by atoms with Crippen LogP contribution in [0.4, 0.5) is 0 Å². The van der Waals surface area contributed by atoms with Gasteiger partial charge in [-0.3, -0.25) is 29.8 Å². The van der Waals surface area contributed by atoms with Crippen molar-refractivity contribution in [2.24, 2.45) is 9.98 Å². The number of aryl methyl sites for hydroxylation is 2. The molecule has 0 radical (unpaired) electrons. The maximum absolute atomic E-state index is 13.1. The van der Waals surface area contributed by atoms with Gasteiger partial charge in [-0.15, -0.1) is 0 Å². The second kappa shape index (κ2) is 11.2. The first-order valence-electron chi connectivity index (χ1n) is 12.2. The summed E-state index contributed by atoms with van der Waals surface area (Å²) in [4.78, 5) is 35.3. The van der Waals surface area contributed by atoms with E-state index in [9.17, 15) is 9.59 Å². The minimum absolute atomic E-state index is 0.171. The molecule has 2 aromatic carbocycles. The largest absolute Gasteiger partial charge is 0.497 e. The number of aliphatic imine (C=N–C) groups is 2. The van der Waals surface area contributed by atoms with Crippen molar-refractivity contribution in [3.63, 3.8) is 0 Å². The van der Waals surface area contributed by atoms with Crippen LogP contribution in [0.15, 0.2) is 68.1 Å². The average molecular weight is 517 g/mol. The van der Waals surface area contributed by atoms with Gasteiger partial charge in [-0.25, -0.2) is 9.36 Å². The number of methoxy groups -OCH3 is 2. The van der Waals surface area contributed by atoms with E-state index in [1.807, 2.05) is 52.0 Å². The molecule has 2 heterocycles. The van der Waals surface area contributed by atoms with Crippen LogP contribution in [0.3, 0.4) is 0 Å². The molecular weight excluding hydrogens is 484 g/mol. The third-order valence-corrected chi connectivity index (χ3v) is 6.33. The lowest BCUT2D eigenvalue weighted by Gasteiger charge is -2.03. The fraction of sp³-hybridized carbons (Fsp3) is 0.286. The number of hydrogen-bond donors (Lipinski definition) is 2. The maximum Gasteiger partial charge on any atom is 0.280 e. The highest BCUT2D eigenvalue weighted by atomic mass is 16.5. The van der Waals surface area contributed by atoms with Gasteiger partial charge < -0.3 is 9.47 Å². The molecule has 0 unspecified atom stereocenters. The summed E-state index contributed by atoms with van der Waals surface area (Å²) < 4.78 is 13.4. The van der Waals surface area contributed by atoms with Gasteiger partial charge in [0.2, 0.25) is 0 Å². The van der Waals surface area contributed by atoms with E-state index < -0.39 is 0 Å². The molecule has 38 heavy (non-hydrogen) atoms. The molecule has 10 nitrogen and oxygen atoms in total. The van der Waals surface area contributed by atoms with Gasteiger partial charge in [0.05, 0.1) is 49.8 Å². The predicted molar refractivity (Wildman–Crippen MR) is 150 cm³/mol. The van der Waals surface area contributed by atoms with Crippen LogP contribution >= 0.6 is 0 Å². The Bertz CT molecular complexity index is 1480. The van der Waals surface area contributed by atoms with Crippen molar-refractivity contribution >= 4 is 11.4 Å². The normalized spacial score (nSPS) is 12.2. The highest BCUT2D eigenvalue weighted by molar-refractivity contribution is 6.00. The van der Waals surface area contributed by atoms with Crippen molar-refractivity contribution in [3.05, 3.63) is 91.8 Å². The van der Waals surface area contributed by atoms with Gasteiger partial charge in [0, 0.05) is 22.8 Å². The fourth-order valence-electron chi connectivity index (χ4n) is 4.37. The summed E-state index contributed by atoms with van der Waals surface area (Å²) in [5, 5.41) is 6.24. The van der Waals surface area contributed by atoms with Gasteiger partial charge in [-0.1, -0.05) is 0 Å². The molecule has 2 N–H and O–H groups in total. The van der Waals surface area contributed by atoms with Crippen molar-refractivity contribution < 1.29 is 9.47 Å². The zero-order chi connectivity index (χ0) is 27.4. The van der Waals surface area contributed by atoms with Crippen LogP contribution in [0, 0.1) is 13.8 Å². The van der Waals surface area contributed by atoms with Gasteiger partial charge in [-0.2, -0.15) is 0 Å². The number of aromatic amines is 2. The fourth-order valence-corrected chi connectivity index (χ4v) is 4.37. The highest BCUT2D eigenvalue weighted by Crippen LogP contribution is 2.16. The molecule has 198 valence electrons. The molecule has 0 bridgehead atoms. The zero-order valence-corrected chi connectivity index (χ0v) is 22.5. The van der Waals surface area contributed by atoms with Gasteiger partial charge in [0.25, 0.3) is 11.1 Å². The van der Waals surface area contributed by atoms with Crippen LogP contribution in [0.1, 0.15) is 36.4 Å². The van der Waals surface area contributed by atoms with E-state index in [4.69, 9.17) is 9.47 Å². The summed E-state index contributed by atoms with van der Waals surface area (Å²) in [5.74, 6) is 1.43. The number of nitrogens with zero attached hydrogens (tertiary/aromatic N) is 4. The SMILES string of the molecule is COc1ccc(-n2[nH]c(C)c(C(C)=NCCN=C(C)c3c(C)[nH]n(-c4ccc(OC)cc4)c3=O)c2=O)cc1. The number of benzene rings is 2. The van der Waals surface area contributed by atoms with Crippen LogP contribution in [-0.2, 0) is 0 Å². The zero-order valence-electron chi connectivity index (χ0n) is 22.5. The summed E-state index contributed by atoms with van der Waals surface area (Å²) in [6.07, 6.45) is 0. The van der Waals surface area contributed by atoms with Crippen LogP contribution in [-0.4, -0.2) is 58.3 Å². The molecule has 0 amide bonds.